The molecule has 88 valence electrons. The Hall–Kier alpha value is -1.35. The van der Waals surface area contributed by atoms with Gasteiger partial charge in [0.1, 0.15) is 0 Å². The van der Waals surface area contributed by atoms with Gasteiger partial charge in [-0.05, 0) is 24.0 Å². The first kappa shape index (κ1) is 12.7. The van der Waals surface area contributed by atoms with E-state index in [0.717, 1.165) is 5.56 Å². The molecule has 3 nitrogen and oxygen atoms in total. The van der Waals surface area contributed by atoms with Crippen molar-refractivity contribution in [2.45, 2.75) is 32.8 Å². The molecule has 2 N–H and O–H groups in total. The van der Waals surface area contributed by atoms with Crippen LogP contribution in [0.3, 0.4) is 0 Å². The third kappa shape index (κ3) is 2.83. The van der Waals surface area contributed by atoms with E-state index in [9.17, 15) is 9.90 Å². The molecule has 0 aliphatic carbocycles. The van der Waals surface area contributed by atoms with Crippen LogP contribution in [0.1, 0.15) is 31.9 Å². The van der Waals surface area contributed by atoms with E-state index >= 15 is 0 Å². The molecule has 0 amide bonds. The van der Waals surface area contributed by atoms with E-state index in [2.05, 4.69) is 0 Å². The van der Waals surface area contributed by atoms with Gasteiger partial charge in [-0.2, -0.15) is 0 Å². The average molecular weight is 222 g/mol. The topological polar surface area (TPSA) is 57.5 Å². The molecule has 0 radical (unpaired) electrons. The van der Waals surface area contributed by atoms with Crippen LogP contribution < -0.4 is 0 Å². The first-order chi connectivity index (χ1) is 7.34. The van der Waals surface area contributed by atoms with Gasteiger partial charge in [-0.1, -0.05) is 38.1 Å². The van der Waals surface area contributed by atoms with E-state index in [1.165, 1.54) is 0 Å². The minimum atomic E-state index is -0.922. The number of rotatable bonds is 4. The predicted octanol–water partition coefficient (Wildman–Crippen LogP) is 2.18. The molecule has 0 aliphatic rings. The van der Waals surface area contributed by atoms with Gasteiger partial charge >= 0.3 is 5.97 Å². The van der Waals surface area contributed by atoms with Gasteiger partial charge in [0.05, 0.1) is 12.0 Å². The summed E-state index contributed by atoms with van der Waals surface area (Å²) in [7, 11) is 0. The highest BCUT2D eigenvalue weighted by Crippen LogP contribution is 2.29. The van der Waals surface area contributed by atoms with Crippen LogP contribution in [0.2, 0.25) is 0 Å². The number of aliphatic hydroxyl groups is 1. The zero-order valence-electron chi connectivity index (χ0n) is 9.90. The van der Waals surface area contributed by atoms with Crippen molar-refractivity contribution >= 4 is 5.97 Å². The molecule has 1 aromatic rings. The molecule has 0 spiro atoms. The summed E-state index contributed by atoms with van der Waals surface area (Å²) in [5, 5.41) is 19.0. The van der Waals surface area contributed by atoms with Gasteiger partial charge in [-0.25, -0.2) is 0 Å². The van der Waals surface area contributed by atoms with Gasteiger partial charge in [0, 0.05) is 0 Å². The lowest BCUT2D eigenvalue weighted by atomic mass is 9.84. The summed E-state index contributed by atoms with van der Waals surface area (Å²) in [6, 6.07) is 7.12. The number of benzene rings is 1. The van der Waals surface area contributed by atoms with E-state index in [0.29, 0.717) is 5.56 Å². The predicted molar refractivity (Wildman–Crippen MR) is 62.2 cm³/mol. The summed E-state index contributed by atoms with van der Waals surface area (Å²) in [6.45, 7) is 5.62. The molecule has 3 heteroatoms. The Labute approximate surface area is 95.7 Å². The van der Waals surface area contributed by atoms with Crippen molar-refractivity contribution < 1.29 is 15.0 Å². The quantitative estimate of drug-likeness (QED) is 0.821. The molecule has 0 fully saturated rings. The molecule has 0 aromatic heterocycles. The van der Waals surface area contributed by atoms with Crippen molar-refractivity contribution in [1.82, 2.24) is 0 Å². The van der Waals surface area contributed by atoms with Crippen LogP contribution in [0.15, 0.2) is 24.3 Å². The van der Waals surface area contributed by atoms with Gasteiger partial charge in [0.25, 0.3) is 0 Å². The Balaban J connectivity index is 3.02. The Bertz CT molecular complexity index is 381. The second-order valence-corrected chi connectivity index (χ2v) is 4.57. The standard InChI is InChI=1S/C13H18O3/c1-9(2)13(3,16)11-6-4-5-10(7-11)8-12(14)15/h4-7,9,16H,8H2,1-3H3,(H,14,15). The fraction of sp³-hybridized carbons (Fsp3) is 0.462. The van der Waals surface area contributed by atoms with Crippen LogP contribution in [0, 0.1) is 5.92 Å². The zero-order chi connectivity index (χ0) is 12.3. The van der Waals surface area contributed by atoms with E-state index in [-0.39, 0.29) is 12.3 Å². The van der Waals surface area contributed by atoms with Crippen molar-refractivity contribution in [3.8, 4) is 0 Å². The van der Waals surface area contributed by atoms with Gasteiger partial charge in [-0.3, -0.25) is 4.79 Å². The van der Waals surface area contributed by atoms with E-state index in [1.807, 2.05) is 19.9 Å². The fourth-order valence-electron chi connectivity index (χ4n) is 1.50. The fourth-order valence-corrected chi connectivity index (χ4v) is 1.50. The van der Waals surface area contributed by atoms with Crippen molar-refractivity contribution in [1.29, 1.82) is 0 Å². The Morgan fingerprint density at radius 3 is 2.56 bits per heavy atom. The molecule has 0 saturated carbocycles. The van der Waals surface area contributed by atoms with Crippen LogP contribution in [0.4, 0.5) is 0 Å². The third-order valence-electron chi connectivity index (χ3n) is 2.99. The molecule has 1 aromatic carbocycles. The number of carboxylic acid groups (broad SMARTS) is 1. The summed E-state index contributed by atoms with van der Waals surface area (Å²) in [5.74, 6) is -0.783. The molecule has 1 atom stereocenters. The van der Waals surface area contributed by atoms with E-state index in [4.69, 9.17) is 5.11 Å². The summed E-state index contributed by atoms with van der Waals surface area (Å²) < 4.78 is 0. The van der Waals surface area contributed by atoms with Crippen LogP contribution in [-0.2, 0) is 16.8 Å². The highest BCUT2D eigenvalue weighted by atomic mass is 16.4. The molecule has 0 aliphatic heterocycles. The van der Waals surface area contributed by atoms with Gasteiger partial charge in [0.15, 0.2) is 0 Å². The molecule has 0 heterocycles. The second-order valence-electron chi connectivity index (χ2n) is 4.57. The third-order valence-corrected chi connectivity index (χ3v) is 2.99. The Morgan fingerprint density at radius 1 is 1.44 bits per heavy atom. The molecule has 0 bridgehead atoms. The summed E-state index contributed by atoms with van der Waals surface area (Å²) in [6.07, 6.45) is -0.0119. The monoisotopic (exact) mass is 222 g/mol. The molecule has 0 saturated heterocycles. The smallest absolute Gasteiger partial charge is 0.307 e. The first-order valence-electron chi connectivity index (χ1n) is 5.37. The summed E-state index contributed by atoms with van der Waals surface area (Å²) in [4.78, 5) is 10.6. The molecule has 1 unspecified atom stereocenters. The van der Waals surface area contributed by atoms with E-state index in [1.54, 1.807) is 25.1 Å². The maximum atomic E-state index is 10.6. The van der Waals surface area contributed by atoms with Gasteiger partial charge in [-0.15, -0.1) is 0 Å². The Kier molecular flexibility index (Phi) is 3.70. The first-order valence-corrected chi connectivity index (χ1v) is 5.37. The SMILES string of the molecule is CC(C)C(C)(O)c1cccc(CC(=O)O)c1. The number of hydrogen-bond acceptors (Lipinski definition) is 2. The second kappa shape index (κ2) is 4.66. The molecular weight excluding hydrogens is 204 g/mol. The molecular formula is C13H18O3. The summed E-state index contributed by atoms with van der Waals surface area (Å²) in [5.41, 5.74) is 0.557. The number of carbonyl (C=O) groups is 1. The van der Waals surface area contributed by atoms with Crippen molar-refractivity contribution in [2.24, 2.45) is 5.92 Å². The molecule has 16 heavy (non-hydrogen) atoms. The maximum Gasteiger partial charge on any atom is 0.307 e. The van der Waals surface area contributed by atoms with Gasteiger partial charge < -0.3 is 10.2 Å². The normalized spacial score (nSPS) is 14.8. The lowest BCUT2D eigenvalue weighted by Crippen LogP contribution is -2.28. The summed E-state index contributed by atoms with van der Waals surface area (Å²) >= 11 is 0. The number of aliphatic carboxylic acids is 1. The highest BCUT2D eigenvalue weighted by molar-refractivity contribution is 5.70. The van der Waals surface area contributed by atoms with Crippen LogP contribution in [0.25, 0.3) is 0 Å². The van der Waals surface area contributed by atoms with Crippen molar-refractivity contribution in [3.63, 3.8) is 0 Å². The van der Waals surface area contributed by atoms with Crippen LogP contribution in [0.5, 0.6) is 0 Å². The molecule has 1 rings (SSSR count). The Morgan fingerprint density at radius 2 is 2.06 bits per heavy atom. The van der Waals surface area contributed by atoms with E-state index < -0.39 is 11.6 Å². The number of carboxylic acids is 1. The lowest BCUT2D eigenvalue weighted by Gasteiger charge is -2.28. The average Bonchev–Trinajstić information content (AvgIpc) is 2.16. The van der Waals surface area contributed by atoms with Crippen molar-refractivity contribution in [2.75, 3.05) is 0 Å². The minimum absolute atomic E-state index is 0.0119. The van der Waals surface area contributed by atoms with Crippen molar-refractivity contribution in [3.05, 3.63) is 35.4 Å². The largest absolute Gasteiger partial charge is 0.481 e. The minimum Gasteiger partial charge on any atom is -0.481 e. The zero-order valence-corrected chi connectivity index (χ0v) is 9.90. The maximum absolute atomic E-state index is 10.6. The number of hydrogen-bond donors (Lipinski definition) is 2. The van der Waals surface area contributed by atoms with Crippen LogP contribution >= 0.6 is 0 Å². The highest BCUT2D eigenvalue weighted by Gasteiger charge is 2.27. The van der Waals surface area contributed by atoms with Crippen LogP contribution in [-0.4, -0.2) is 16.2 Å². The lowest BCUT2D eigenvalue weighted by molar-refractivity contribution is -0.136. The van der Waals surface area contributed by atoms with Gasteiger partial charge in [0.2, 0.25) is 0 Å².